The molecular weight excluding hydrogens is 602 g/mol. The van der Waals surface area contributed by atoms with E-state index in [2.05, 4.69) is 4.74 Å². The molecule has 0 amide bonds. The summed E-state index contributed by atoms with van der Waals surface area (Å²) in [5, 5.41) is 10.6. The third kappa shape index (κ3) is 27.5. The first kappa shape index (κ1) is 40.5. The molecule has 1 rings (SSSR count). The average Bonchev–Trinajstić information content (AvgIpc) is 3.05. The molecule has 0 saturated heterocycles. The summed E-state index contributed by atoms with van der Waals surface area (Å²) in [5.74, 6) is 0.138. The van der Waals surface area contributed by atoms with Crippen LogP contribution in [0.5, 0.6) is 5.75 Å². The third-order valence-electron chi connectivity index (χ3n) is 5.34. The maximum atomic E-state index is 10.8. The molecule has 16 nitrogen and oxygen atoms in total. The number of methoxy groups -OCH3 is 1. The van der Waals surface area contributed by atoms with E-state index in [9.17, 15) is 14.9 Å². The maximum Gasteiger partial charge on any atom is 0.331 e. The van der Waals surface area contributed by atoms with Crippen LogP contribution in [0.25, 0.3) is 0 Å². The zero-order valence-corrected chi connectivity index (χ0v) is 26.2. The number of non-ortho nitro benzene ring substituents is 1. The number of rotatable bonds is 34. The van der Waals surface area contributed by atoms with E-state index in [1.165, 1.54) is 19.2 Å². The zero-order valence-electron chi connectivity index (χ0n) is 26.2. The Kier molecular flexibility index (Phi) is 28.3. The molecule has 0 aliphatic rings. The van der Waals surface area contributed by atoms with Gasteiger partial charge in [-0.3, -0.25) is 10.1 Å². The average molecular weight is 652 g/mol. The van der Waals surface area contributed by atoms with Gasteiger partial charge in [-0.1, -0.05) is 0 Å². The van der Waals surface area contributed by atoms with Crippen molar-refractivity contribution in [1.82, 2.24) is 0 Å². The molecule has 0 bridgehead atoms. The molecule has 0 heterocycles. The van der Waals surface area contributed by atoms with Crippen LogP contribution in [0.4, 0.5) is 5.69 Å². The lowest BCUT2D eigenvalue weighted by Crippen LogP contribution is -2.16. The summed E-state index contributed by atoms with van der Waals surface area (Å²) in [6.07, 6.45) is 0. The summed E-state index contributed by atoms with van der Waals surface area (Å²) in [4.78, 5) is 21.0. The van der Waals surface area contributed by atoms with Gasteiger partial charge >= 0.3 is 5.97 Å². The van der Waals surface area contributed by atoms with Crippen molar-refractivity contribution < 1.29 is 66.6 Å². The van der Waals surface area contributed by atoms with Crippen LogP contribution in [0.2, 0.25) is 0 Å². The molecule has 1 aromatic rings. The largest absolute Gasteiger partial charge is 0.491 e. The summed E-state index contributed by atoms with van der Waals surface area (Å²) in [6, 6.07) is 5.89. The topological polar surface area (TPSA) is 171 Å². The van der Waals surface area contributed by atoms with E-state index >= 15 is 0 Å². The van der Waals surface area contributed by atoms with Crippen molar-refractivity contribution in [3.63, 3.8) is 0 Å². The second kappa shape index (κ2) is 31.5. The Bertz CT molecular complexity index is 815. The number of esters is 1. The highest BCUT2D eigenvalue weighted by Gasteiger charge is 2.04. The van der Waals surface area contributed by atoms with Gasteiger partial charge in [-0.25, -0.2) is 4.79 Å². The van der Waals surface area contributed by atoms with E-state index in [-0.39, 0.29) is 12.3 Å². The second-order valence-corrected chi connectivity index (χ2v) is 8.74. The van der Waals surface area contributed by atoms with Gasteiger partial charge in [-0.2, -0.15) is 0 Å². The minimum atomic E-state index is -0.456. The number of ether oxygens (including phenoxy) is 12. The number of carbonyl (C=O) groups is 1. The van der Waals surface area contributed by atoms with Crippen LogP contribution in [0, 0.1) is 10.1 Å². The fourth-order valence-corrected chi connectivity index (χ4v) is 3.08. The standard InChI is InChI=1S/C29H49NO15/c1-34-29(31)26-44-23-22-42-19-18-40-15-14-38-11-10-36-7-6-35-8-9-37-12-13-39-16-17-41-20-21-43-24-25-45-28-4-2-27(3-5-28)30(32)33/h2-5H,6-26H2,1H3. The van der Waals surface area contributed by atoms with Gasteiger partial charge in [-0.15, -0.1) is 0 Å². The number of hydrogen-bond acceptors (Lipinski definition) is 15. The molecule has 0 fully saturated rings. The van der Waals surface area contributed by atoms with Gasteiger partial charge in [0, 0.05) is 12.1 Å². The Morgan fingerprint density at radius 2 is 0.800 bits per heavy atom. The van der Waals surface area contributed by atoms with E-state index < -0.39 is 10.9 Å². The first-order valence-corrected chi connectivity index (χ1v) is 14.8. The van der Waals surface area contributed by atoms with Crippen molar-refractivity contribution in [2.45, 2.75) is 0 Å². The normalized spacial score (nSPS) is 11.1. The summed E-state index contributed by atoms with van der Waals surface area (Å²) in [6.45, 7) is 8.76. The molecule has 0 N–H and O–H groups in total. The van der Waals surface area contributed by atoms with Gasteiger partial charge in [0.1, 0.15) is 19.0 Å². The lowest BCUT2D eigenvalue weighted by Gasteiger charge is -2.09. The van der Waals surface area contributed by atoms with Crippen LogP contribution in [0.3, 0.4) is 0 Å². The third-order valence-corrected chi connectivity index (χ3v) is 5.34. The van der Waals surface area contributed by atoms with Crippen LogP contribution in [-0.2, 0) is 56.9 Å². The minimum Gasteiger partial charge on any atom is -0.491 e. The number of benzene rings is 1. The summed E-state index contributed by atoms with van der Waals surface area (Å²) >= 11 is 0. The molecule has 0 unspecified atom stereocenters. The van der Waals surface area contributed by atoms with Crippen molar-refractivity contribution >= 4 is 11.7 Å². The molecule has 0 radical (unpaired) electrons. The highest BCUT2D eigenvalue weighted by Crippen LogP contribution is 2.17. The van der Waals surface area contributed by atoms with Crippen LogP contribution >= 0.6 is 0 Å². The monoisotopic (exact) mass is 651 g/mol. The summed E-state index contributed by atoms with van der Waals surface area (Å²) in [5.41, 5.74) is 0.0219. The van der Waals surface area contributed by atoms with Crippen molar-refractivity contribution in [3.8, 4) is 5.75 Å². The molecular formula is C29H49NO15. The first-order valence-electron chi connectivity index (χ1n) is 14.8. The summed E-state index contributed by atoms with van der Waals surface area (Å²) in [7, 11) is 1.31. The number of nitro groups is 1. The number of carbonyl (C=O) groups excluding carboxylic acids is 1. The van der Waals surface area contributed by atoms with Crippen LogP contribution in [-0.4, -0.2) is 157 Å². The quantitative estimate of drug-likeness (QED) is 0.0452. The van der Waals surface area contributed by atoms with E-state index in [0.717, 1.165) is 0 Å². The molecule has 16 heteroatoms. The highest BCUT2D eigenvalue weighted by molar-refractivity contribution is 5.70. The number of nitrogens with zero attached hydrogens (tertiary/aromatic N) is 1. The maximum absolute atomic E-state index is 10.8. The minimum absolute atomic E-state index is 0.0219. The predicted molar refractivity (Wildman–Crippen MR) is 159 cm³/mol. The van der Waals surface area contributed by atoms with Gasteiger partial charge < -0.3 is 56.8 Å². The fraction of sp³-hybridized carbons (Fsp3) is 0.759. The fourth-order valence-electron chi connectivity index (χ4n) is 3.08. The number of hydrogen-bond donors (Lipinski definition) is 0. The molecule has 0 aliphatic heterocycles. The zero-order chi connectivity index (χ0) is 32.5. The van der Waals surface area contributed by atoms with Gasteiger partial charge in [0.05, 0.1) is 138 Å². The Morgan fingerprint density at radius 1 is 0.511 bits per heavy atom. The molecule has 0 spiro atoms. The second-order valence-electron chi connectivity index (χ2n) is 8.74. The lowest BCUT2D eigenvalue weighted by atomic mass is 10.3. The van der Waals surface area contributed by atoms with Crippen molar-refractivity contribution in [3.05, 3.63) is 34.4 Å². The van der Waals surface area contributed by atoms with Gasteiger partial charge in [0.2, 0.25) is 0 Å². The van der Waals surface area contributed by atoms with E-state index in [1.807, 2.05) is 0 Å². The van der Waals surface area contributed by atoms with Crippen LogP contribution in [0.15, 0.2) is 24.3 Å². The molecule has 0 aromatic heterocycles. The highest BCUT2D eigenvalue weighted by atomic mass is 16.6. The SMILES string of the molecule is COC(=O)COCCOCCOCCOCCOCCOCCOCCOCCOCCOCCOc1ccc([N+](=O)[O-])cc1. The van der Waals surface area contributed by atoms with Crippen LogP contribution < -0.4 is 4.74 Å². The first-order chi connectivity index (χ1) is 22.1. The molecule has 0 atom stereocenters. The van der Waals surface area contributed by atoms with Crippen LogP contribution in [0.1, 0.15) is 0 Å². The van der Waals surface area contributed by atoms with E-state index in [4.69, 9.17) is 52.1 Å². The molecule has 0 saturated carbocycles. The Balaban J connectivity index is 1.66. The molecule has 0 aliphatic carbocycles. The Morgan fingerprint density at radius 3 is 1.09 bits per heavy atom. The van der Waals surface area contributed by atoms with E-state index in [1.54, 1.807) is 12.1 Å². The smallest absolute Gasteiger partial charge is 0.331 e. The molecule has 1 aromatic carbocycles. The van der Waals surface area contributed by atoms with Crippen molar-refractivity contribution in [2.75, 3.05) is 146 Å². The predicted octanol–water partition coefficient (Wildman–Crippen LogP) is 1.31. The molecule has 45 heavy (non-hydrogen) atoms. The lowest BCUT2D eigenvalue weighted by molar-refractivity contribution is -0.384. The Hall–Kier alpha value is -2.51. The Labute approximate surface area is 264 Å². The summed E-state index contributed by atoms with van der Waals surface area (Å²) < 4.78 is 63.7. The van der Waals surface area contributed by atoms with Crippen molar-refractivity contribution in [2.24, 2.45) is 0 Å². The van der Waals surface area contributed by atoms with Gasteiger partial charge in [-0.05, 0) is 12.1 Å². The van der Waals surface area contributed by atoms with Crippen molar-refractivity contribution in [1.29, 1.82) is 0 Å². The van der Waals surface area contributed by atoms with Gasteiger partial charge in [0.15, 0.2) is 0 Å². The molecule has 260 valence electrons. The van der Waals surface area contributed by atoms with E-state index in [0.29, 0.717) is 138 Å². The van der Waals surface area contributed by atoms with Gasteiger partial charge in [0.25, 0.3) is 5.69 Å². The number of nitro benzene ring substituents is 1.